The highest BCUT2D eigenvalue weighted by Gasteiger charge is 2.02. The second kappa shape index (κ2) is 4.01. The van der Waals surface area contributed by atoms with Gasteiger partial charge in [-0.05, 0) is 41.1 Å². The van der Waals surface area contributed by atoms with Gasteiger partial charge in [0.2, 0.25) is 0 Å². The predicted molar refractivity (Wildman–Crippen MR) is 70.5 cm³/mol. The van der Waals surface area contributed by atoms with E-state index in [-0.39, 0.29) is 0 Å². The molecule has 3 rings (SSSR count). The Morgan fingerprint density at radius 1 is 1.06 bits per heavy atom. The number of fused-ring (bicyclic) bond motifs is 2. The molecule has 2 aromatic carbocycles. The van der Waals surface area contributed by atoms with Crippen molar-refractivity contribution >= 4 is 21.7 Å². The summed E-state index contributed by atoms with van der Waals surface area (Å²) >= 11 is 0. The normalized spacial score (nSPS) is 10.4. The lowest BCUT2D eigenvalue weighted by Crippen LogP contribution is -1.85. The molecule has 0 radical (unpaired) electrons. The number of hydrogen-bond acceptors (Lipinski definition) is 3. The molecule has 1 heterocycles. The molecule has 0 unspecified atom stereocenters. The molecule has 0 atom stereocenters. The van der Waals surface area contributed by atoms with Crippen LogP contribution in [0.4, 0.5) is 0 Å². The van der Waals surface area contributed by atoms with Gasteiger partial charge >= 0.3 is 0 Å². The number of benzene rings is 2. The fraction of sp³-hybridized carbons (Fsp3) is 0.0667. The number of aromatic nitrogens is 1. The Balaban J connectivity index is 2.32. The van der Waals surface area contributed by atoms with Crippen molar-refractivity contribution in [3.8, 4) is 11.8 Å². The van der Waals surface area contributed by atoms with Crippen LogP contribution in [0.5, 0.6) is 5.75 Å². The summed E-state index contributed by atoms with van der Waals surface area (Å²) in [6.45, 7) is 0. The smallest absolute Gasteiger partial charge is 0.119 e. The van der Waals surface area contributed by atoms with Crippen molar-refractivity contribution in [1.29, 1.82) is 5.26 Å². The number of rotatable bonds is 1. The zero-order valence-corrected chi connectivity index (χ0v) is 9.84. The monoisotopic (exact) mass is 234 g/mol. The largest absolute Gasteiger partial charge is 0.497 e. The molecule has 1 aromatic heterocycles. The third kappa shape index (κ3) is 1.64. The minimum absolute atomic E-state index is 0.579. The minimum Gasteiger partial charge on any atom is -0.497 e. The van der Waals surface area contributed by atoms with Crippen molar-refractivity contribution in [3.63, 3.8) is 0 Å². The lowest BCUT2D eigenvalue weighted by molar-refractivity contribution is 0.415. The molecule has 0 aliphatic heterocycles. The molecule has 0 amide bonds. The van der Waals surface area contributed by atoms with Gasteiger partial charge < -0.3 is 4.74 Å². The molecule has 0 spiro atoms. The zero-order chi connectivity index (χ0) is 12.5. The van der Waals surface area contributed by atoms with Gasteiger partial charge in [0.05, 0.1) is 18.2 Å². The molecule has 0 aliphatic rings. The van der Waals surface area contributed by atoms with E-state index in [1.165, 1.54) is 0 Å². The van der Waals surface area contributed by atoms with Crippen LogP contribution < -0.4 is 4.74 Å². The molecule has 3 heteroatoms. The van der Waals surface area contributed by atoms with Gasteiger partial charge in [0.15, 0.2) is 0 Å². The number of methoxy groups -OCH3 is 1. The number of nitrogens with zero attached hydrogens (tertiary/aromatic N) is 2. The molecule has 0 saturated heterocycles. The maximum Gasteiger partial charge on any atom is 0.119 e. The van der Waals surface area contributed by atoms with Crippen LogP contribution in [0.25, 0.3) is 21.7 Å². The quantitative estimate of drug-likeness (QED) is 0.607. The molecule has 3 nitrogen and oxygen atoms in total. The summed E-state index contributed by atoms with van der Waals surface area (Å²) in [7, 11) is 1.65. The lowest BCUT2D eigenvalue weighted by atomic mass is 10.1. The fourth-order valence-corrected chi connectivity index (χ4v) is 2.04. The molecular weight excluding hydrogens is 224 g/mol. The Morgan fingerprint density at radius 2 is 1.94 bits per heavy atom. The standard InChI is InChI=1S/C15H10N2O/c1-18-14-3-2-11-5-13-4-10(8-16)9-17-15(13)7-12(11)6-14/h2-7,9H,1H3. The van der Waals surface area contributed by atoms with E-state index in [0.29, 0.717) is 5.56 Å². The Labute approximate surface area is 104 Å². The summed E-state index contributed by atoms with van der Waals surface area (Å²) in [6.07, 6.45) is 1.59. The molecule has 0 saturated carbocycles. The lowest BCUT2D eigenvalue weighted by Gasteiger charge is -2.04. The van der Waals surface area contributed by atoms with Gasteiger partial charge in [-0.2, -0.15) is 5.26 Å². The summed E-state index contributed by atoms with van der Waals surface area (Å²) in [6, 6.07) is 13.9. The Bertz CT molecular complexity index is 787. The van der Waals surface area contributed by atoms with Crippen molar-refractivity contribution in [3.05, 3.63) is 48.2 Å². The molecule has 0 fully saturated rings. The topological polar surface area (TPSA) is 45.9 Å². The van der Waals surface area contributed by atoms with Crippen molar-refractivity contribution in [1.82, 2.24) is 4.98 Å². The first kappa shape index (κ1) is 10.5. The average molecular weight is 234 g/mol. The number of hydrogen-bond donors (Lipinski definition) is 0. The first-order chi connectivity index (χ1) is 8.80. The first-order valence-corrected chi connectivity index (χ1v) is 5.58. The molecule has 86 valence electrons. The maximum absolute atomic E-state index is 8.87. The van der Waals surface area contributed by atoms with Crippen molar-refractivity contribution in [2.24, 2.45) is 0 Å². The average Bonchev–Trinajstić information content (AvgIpc) is 2.43. The second-order valence-electron chi connectivity index (χ2n) is 4.09. The van der Waals surface area contributed by atoms with Crippen LogP contribution in [0.3, 0.4) is 0 Å². The number of nitriles is 1. The molecule has 0 aliphatic carbocycles. The van der Waals surface area contributed by atoms with Gasteiger partial charge in [-0.25, -0.2) is 0 Å². The summed E-state index contributed by atoms with van der Waals surface area (Å²) < 4.78 is 5.21. The third-order valence-electron chi connectivity index (χ3n) is 2.98. The highest BCUT2D eigenvalue weighted by atomic mass is 16.5. The van der Waals surface area contributed by atoms with Gasteiger partial charge in [0.25, 0.3) is 0 Å². The van der Waals surface area contributed by atoms with Crippen molar-refractivity contribution < 1.29 is 4.74 Å². The van der Waals surface area contributed by atoms with E-state index in [1.54, 1.807) is 13.3 Å². The molecule has 0 bridgehead atoms. The van der Waals surface area contributed by atoms with E-state index in [4.69, 9.17) is 10.00 Å². The second-order valence-corrected chi connectivity index (χ2v) is 4.09. The van der Waals surface area contributed by atoms with Crippen LogP contribution in [-0.4, -0.2) is 12.1 Å². The minimum atomic E-state index is 0.579. The summed E-state index contributed by atoms with van der Waals surface area (Å²) in [5, 5.41) is 12.0. The van der Waals surface area contributed by atoms with Crippen molar-refractivity contribution in [2.75, 3.05) is 7.11 Å². The van der Waals surface area contributed by atoms with Gasteiger partial charge in [-0.3, -0.25) is 4.98 Å². The molecular formula is C15H10N2O. The van der Waals surface area contributed by atoms with Crippen LogP contribution in [0.2, 0.25) is 0 Å². The van der Waals surface area contributed by atoms with Gasteiger partial charge in [0.1, 0.15) is 11.8 Å². The summed E-state index contributed by atoms with van der Waals surface area (Å²) in [5.74, 6) is 0.829. The molecule has 18 heavy (non-hydrogen) atoms. The summed E-state index contributed by atoms with van der Waals surface area (Å²) in [4.78, 5) is 4.29. The maximum atomic E-state index is 8.87. The fourth-order valence-electron chi connectivity index (χ4n) is 2.04. The third-order valence-corrected chi connectivity index (χ3v) is 2.98. The highest BCUT2D eigenvalue weighted by Crippen LogP contribution is 2.25. The van der Waals surface area contributed by atoms with E-state index in [0.717, 1.165) is 27.4 Å². The molecule has 0 N–H and O–H groups in total. The summed E-state index contributed by atoms with van der Waals surface area (Å²) in [5.41, 5.74) is 1.46. The molecule has 3 aromatic rings. The Morgan fingerprint density at radius 3 is 2.72 bits per heavy atom. The van der Waals surface area contributed by atoms with E-state index in [2.05, 4.69) is 11.1 Å². The van der Waals surface area contributed by atoms with Gasteiger partial charge in [-0.15, -0.1) is 0 Å². The van der Waals surface area contributed by atoms with Crippen LogP contribution in [0, 0.1) is 11.3 Å². The van der Waals surface area contributed by atoms with Gasteiger partial charge in [-0.1, -0.05) is 6.07 Å². The number of pyridine rings is 1. The number of ether oxygens (including phenoxy) is 1. The Kier molecular flexibility index (Phi) is 2.35. The van der Waals surface area contributed by atoms with Crippen molar-refractivity contribution in [2.45, 2.75) is 0 Å². The predicted octanol–water partition coefficient (Wildman–Crippen LogP) is 3.27. The highest BCUT2D eigenvalue weighted by molar-refractivity contribution is 5.97. The SMILES string of the molecule is COc1ccc2cc3cc(C#N)cnc3cc2c1. The van der Waals surface area contributed by atoms with E-state index in [1.807, 2.05) is 36.4 Å². The van der Waals surface area contributed by atoms with Crippen LogP contribution in [0.15, 0.2) is 42.6 Å². The van der Waals surface area contributed by atoms with E-state index in [9.17, 15) is 0 Å². The van der Waals surface area contributed by atoms with E-state index < -0.39 is 0 Å². The van der Waals surface area contributed by atoms with E-state index >= 15 is 0 Å². The van der Waals surface area contributed by atoms with Crippen LogP contribution in [0.1, 0.15) is 5.56 Å². The van der Waals surface area contributed by atoms with Crippen LogP contribution in [-0.2, 0) is 0 Å². The Hall–Kier alpha value is -2.60. The first-order valence-electron chi connectivity index (χ1n) is 5.58. The van der Waals surface area contributed by atoms with Gasteiger partial charge in [0, 0.05) is 11.6 Å². The van der Waals surface area contributed by atoms with Crippen LogP contribution >= 0.6 is 0 Å². The zero-order valence-electron chi connectivity index (χ0n) is 9.84.